The number of benzene rings is 2. The van der Waals surface area contributed by atoms with Gasteiger partial charge in [-0.2, -0.15) is 0 Å². The molecule has 1 fully saturated rings. The summed E-state index contributed by atoms with van der Waals surface area (Å²) in [4.78, 5) is 19.1. The number of likely N-dealkylation sites (tertiary alicyclic amines) is 1. The van der Waals surface area contributed by atoms with Gasteiger partial charge >= 0.3 is 5.97 Å². The zero-order valence-corrected chi connectivity index (χ0v) is 24.5. The highest BCUT2D eigenvalue weighted by Crippen LogP contribution is 2.37. The van der Waals surface area contributed by atoms with Crippen molar-refractivity contribution in [2.24, 2.45) is 11.8 Å². The maximum absolute atomic E-state index is 15.6. The Morgan fingerprint density at radius 2 is 2.00 bits per heavy atom. The smallest absolute Gasteiger partial charge is 0.303 e. The van der Waals surface area contributed by atoms with Gasteiger partial charge in [-0.25, -0.2) is 4.39 Å². The van der Waals surface area contributed by atoms with Gasteiger partial charge in [0, 0.05) is 29.4 Å². The number of halogens is 3. The fourth-order valence-corrected chi connectivity index (χ4v) is 7.13. The molecule has 0 bridgehead atoms. The van der Waals surface area contributed by atoms with E-state index >= 15 is 4.39 Å². The first-order valence-electron chi connectivity index (χ1n) is 13.4. The number of hydrogen-bond donors (Lipinski definition) is 1. The van der Waals surface area contributed by atoms with Gasteiger partial charge in [-0.15, -0.1) is 11.8 Å². The third kappa shape index (κ3) is 8.23. The highest BCUT2D eigenvalue weighted by molar-refractivity contribution is 7.99. The zero-order valence-electron chi connectivity index (χ0n) is 22.1. The first-order chi connectivity index (χ1) is 18.9. The molecule has 39 heavy (non-hydrogen) atoms. The zero-order chi connectivity index (χ0) is 27.8. The Kier molecular flexibility index (Phi) is 11.1. The Labute approximate surface area is 244 Å². The number of carboxylic acids is 1. The summed E-state index contributed by atoms with van der Waals surface area (Å²) in [5.74, 6) is 1.34. The van der Waals surface area contributed by atoms with Crippen LogP contribution < -0.4 is 4.74 Å². The largest absolute Gasteiger partial charge is 0.497 e. The van der Waals surface area contributed by atoms with Crippen LogP contribution in [0.2, 0.25) is 10.0 Å². The van der Waals surface area contributed by atoms with Crippen LogP contribution >= 0.6 is 35.0 Å². The van der Waals surface area contributed by atoms with Gasteiger partial charge in [0.15, 0.2) is 0 Å². The van der Waals surface area contributed by atoms with Crippen LogP contribution in [0.5, 0.6) is 5.75 Å². The first-order valence-corrected chi connectivity index (χ1v) is 15.2. The van der Waals surface area contributed by atoms with Gasteiger partial charge in [-0.3, -0.25) is 9.78 Å². The molecule has 0 aliphatic carbocycles. The summed E-state index contributed by atoms with van der Waals surface area (Å²) < 4.78 is 20.9. The number of methoxy groups -OCH3 is 1. The quantitative estimate of drug-likeness (QED) is 0.159. The Balaban J connectivity index is 1.32. The minimum absolute atomic E-state index is 0.143. The fraction of sp³-hybridized carbons (Fsp3) is 0.467. The third-order valence-electron chi connectivity index (χ3n) is 7.60. The molecule has 1 N–H and O–H groups in total. The Morgan fingerprint density at radius 1 is 1.21 bits per heavy atom. The van der Waals surface area contributed by atoms with E-state index in [1.807, 2.05) is 36.4 Å². The van der Waals surface area contributed by atoms with Crippen LogP contribution in [0.25, 0.3) is 10.9 Å². The number of aliphatic carboxylic acids is 1. The number of alkyl halides is 1. The van der Waals surface area contributed by atoms with E-state index in [4.69, 9.17) is 27.9 Å². The lowest BCUT2D eigenvalue weighted by molar-refractivity contribution is -0.137. The molecule has 5 nitrogen and oxygen atoms in total. The molecular weight excluding hydrogens is 558 g/mol. The van der Waals surface area contributed by atoms with Crippen LogP contribution in [0.1, 0.15) is 50.3 Å². The fourth-order valence-electron chi connectivity index (χ4n) is 5.52. The second kappa shape index (κ2) is 14.5. The number of rotatable bonds is 13. The van der Waals surface area contributed by atoms with E-state index < -0.39 is 12.1 Å². The lowest BCUT2D eigenvalue weighted by Crippen LogP contribution is -2.41. The Bertz CT molecular complexity index is 1240. The van der Waals surface area contributed by atoms with Crippen LogP contribution in [0.4, 0.5) is 4.39 Å². The highest BCUT2D eigenvalue weighted by atomic mass is 35.5. The van der Waals surface area contributed by atoms with E-state index in [0.29, 0.717) is 40.1 Å². The van der Waals surface area contributed by atoms with Gasteiger partial charge in [-0.05, 0) is 105 Å². The average molecular weight is 594 g/mol. The summed E-state index contributed by atoms with van der Waals surface area (Å²) in [6.07, 6.45) is 4.36. The Hall–Kier alpha value is -2.06. The summed E-state index contributed by atoms with van der Waals surface area (Å²) >= 11 is 14.2. The number of thioether (sulfide) groups is 1. The van der Waals surface area contributed by atoms with E-state index in [9.17, 15) is 9.90 Å². The second-order valence-corrected chi connectivity index (χ2v) is 12.0. The molecule has 3 aromatic rings. The number of piperidine rings is 1. The van der Waals surface area contributed by atoms with E-state index in [1.165, 1.54) is 0 Å². The molecule has 4 rings (SSSR count). The molecule has 1 aromatic heterocycles. The second-order valence-electron chi connectivity index (χ2n) is 10.1. The van der Waals surface area contributed by atoms with Crippen molar-refractivity contribution in [3.63, 3.8) is 0 Å². The summed E-state index contributed by atoms with van der Waals surface area (Å²) in [6.45, 7) is 2.72. The standard InChI is InChI=1S/C30H35Cl2FN2O3S/c1-38-22-8-10-28-24(18-22)23(12-14-34-28)27(33)9-6-20-13-16-35(19-21(20)7-11-29(36)37)15-3-17-39-30-25(31)4-2-5-26(30)32/h2,4-5,8,10,12,14,18,20-21,27H,3,6-7,9,11,13,15-17,19H2,1H3,(H,36,37)/t20?,21?,27-/m0/s1. The van der Waals surface area contributed by atoms with E-state index in [2.05, 4.69) is 9.88 Å². The van der Waals surface area contributed by atoms with Crippen molar-refractivity contribution in [1.82, 2.24) is 9.88 Å². The molecule has 2 heterocycles. The topological polar surface area (TPSA) is 62.7 Å². The summed E-state index contributed by atoms with van der Waals surface area (Å²) in [6, 6.07) is 12.8. The summed E-state index contributed by atoms with van der Waals surface area (Å²) in [5.41, 5.74) is 1.38. The normalized spacial score (nSPS) is 18.8. The first kappa shape index (κ1) is 29.9. The number of nitrogens with zero attached hydrogens (tertiary/aromatic N) is 2. The van der Waals surface area contributed by atoms with E-state index in [0.717, 1.165) is 60.4 Å². The lowest BCUT2D eigenvalue weighted by atomic mass is 9.79. The maximum atomic E-state index is 15.6. The molecule has 3 atom stereocenters. The maximum Gasteiger partial charge on any atom is 0.303 e. The monoisotopic (exact) mass is 592 g/mol. The predicted molar refractivity (Wildman–Crippen MR) is 158 cm³/mol. The van der Waals surface area contributed by atoms with Crippen LogP contribution in [-0.2, 0) is 4.79 Å². The molecule has 2 aromatic carbocycles. The minimum Gasteiger partial charge on any atom is -0.497 e. The van der Waals surface area contributed by atoms with Gasteiger partial charge in [-0.1, -0.05) is 29.3 Å². The molecule has 0 radical (unpaired) electrons. The van der Waals surface area contributed by atoms with Gasteiger partial charge < -0.3 is 14.7 Å². The minimum atomic E-state index is -1.12. The molecule has 1 aliphatic heterocycles. The van der Waals surface area contributed by atoms with Gasteiger partial charge in [0.1, 0.15) is 11.9 Å². The van der Waals surface area contributed by atoms with Crippen molar-refractivity contribution in [3.05, 3.63) is 64.3 Å². The van der Waals surface area contributed by atoms with Crippen molar-refractivity contribution in [1.29, 1.82) is 0 Å². The number of carboxylic acid groups (broad SMARTS) is 1. The molecule has 0 saturated carbocycles. The SMILES string of the molecule is COc1ccc2nccc([C@@H](F)CCC3CCN(CCCSc4c(Cl)cccc4Cl)CC3CCC(=O)O)c2c1. The van der Waals surface area contributed by atoms with Crippen molar-refractivity contribution in [2.45, 2.75) is 49.6 Å². The highest BCUT2D eigenvalue weighted by Gasteiger charge is 2.30. The van der Waals surface area contributed by atoms with Crippen LogP contribution in [0.3, 0.4) is 0 Å². The number of hydrogen-bond acceptors (Lipinski definition) is 5. The van der Waals surface area contributed by atoms with Gasteiger partial charge in [0.25, 0.3) is 0 Å². The van der Waals surface area contributed by atoms with Gasteiger partial charge in [0.2, 0.25) is 0 Å². The third-order valence-corrected chi connectivity index (χ3v) is 9.67. The molecule has 0 amide bonds. The number of carbonyl (C=O) groups is 1. The molecule has 2 unspecified atom stereocenters. The van der Waals surface area contributed by atoms with Crippen molar-refractivity contribution >= 4 is 51.8 Å². The van der Waals surface area contributed by atoms with Crippen molar-refractivity contribution < 1.29 is 19.0 Å². The lowest BCUT2D eigenvalue weighted by Gasteiger charge is -2.39. The van der Waals surface area contributed by atoms with E-state index in [-0.39, 0.29) is 12.3 Å². The van der Waals surface area contributed by atoms with Crippen LogP contribution in [0.15, 0.2) is 53.6 Å². The number of fused-ring (bicyclic) bond motifs is 1. The van der Waals surface area contributed by atoms with Crippen LogP contribution in [-0.4, -0.2) is 53.5 Å². The molecular formula is C30H35Cl2FN2O3S. The predicted octanol–water partition coefficient (Wildman–Crippen LogP) is 8.33. The van der Waals surface area contributed by atoms with Crippen molar-refractivity contribution in [3.8, 4) is 5.75 Å². The number of ether oxygens (including phenoxy) is 1. The molecule has 210 valence electrons. The molecule has 1 saturated heterocycles. The number of pyridine rings is 1. The van der Waals surface area contributed by atoms with E-state index in [1.54, 1.807) is 31.1 Å². The Morgan fingerprint density at radius 3 is 2.74 bits per heavy atom. The molecule has 1 aliphatic rings. The summed E-state index contributed by atoms with van der Waals surface area (Å²) in [7, 11) is 1.60. The van der Waals surface area contributed by atoms with Gasteiger partial charge in [0.05, 0.1) is 22.7 Å². The molecule has 0 spiro atoms. The number of aromatic nitrogens is 1. The average Bonchev–Trinajstić information content (AvgIpc) is 2.93. The molecule has 9 heteroatoms. The van der Waals surface area contributed by atoms with Crippen LogP contribution in [0, 0.1) is 11.8 Å². The summed E-state index contributed by atoms with van der Waals surface area (Å²) in [5, 5.41) is 11.4. The van der Waals surface area contributed by atoms with Crippen molar-refractivity contribution in [2.75, 3.05) is 32.5 Å².